The van der Waals surface area contributed by atoms with E-state index < -0.39 is 24.4 Å². The molecule has 1 aromatic heterocycles. The molecule has 0 unspecified atom stereocenters. The molecule has 3 N–H and O–H groups in total. The summed E-state index contributed by atoms with van der Waals surface area (Å²) in [4.78, 5) is 35.5. The Morgan fingerprint density at radius 2 is 2.14 bits per heavy atom. The molecule has 0 radical (unpaired) electrons. The van der Waals surface area contributed by atoms with Gasteiger partial charge in [0.15, 0.2) is 6.61 Å². The highest BCUT2D eigenvalue weighted by Crippen LogP contribution is 2.38. The van der Waals surface area contributed by atoms with Crippen molar-refractivity contribution in [1.82, 2.24) is 0 Å². The van der Waals surface area contributed by atoms with Gasteiger partial charge in [-0.15, -0.1) is 11.3 Å². The van der Waals surface area contributed by atoms with Gasteiger partial charge in [-0.3, -0.25) is 9.59 Å². The van der Waals surface area contributed by atoms with E-state index in [1.807, 2.05) is 0 Å². The molecule has 0 aliphatic heterocycles. The van der Waals surface area contributed by atoms with Crippen molar-refractivity contribution in [2.45, 2.75) is 26.2 Å². The third-order valence-electron chi connectivity index (χ3n) is 3.07. The van der Waals surface area contributed by atoms with Crippen LogP contribution in [-0.4, -0.2) is 24.4 Å². The largest absolute Gasteiger partial charge is 0.452 e. The highest BCUT2D eigenvalue weighted by Gasteiger charge is 2.26. The Balaban J connectivity index is 2.05. The van der Waals surface area contributed by atoms with Crippen molar-refractivity contribution in [3.8, 4) is 0 Å². The Kier molecular flexibility index (Phi) is 4.74. The molecule has 112 valence electrons. The van der Waals surface area contributed by atoms with Crippen LogP contribution in [-0.2, 0) is 27.2 Å². The number of carbonyl (C=O) groups is 3. The zero-order valence-electron chi connectivity index (χ0n) is 11.6. The number of nitrogens with one attached hydrogen (secondary N) is 1. The number of hydrogen-bond acceptors (Lipinski definition) is 5. The summed E-state index contributed by atoms with van der Waals surface area (Å²) >= 11 is 1.36. The first-order chi connectivity index (χ1) is 10.0. The summed E-state index contributed by atoms with van der Waals surface area (Å²) in [5, 5.41) is 3.04. The van der Waals surface area contributed by atoms with Gasteiger partial charge in [0.05, 0.1) is 5.56 Å². The van der Waals surface area contributed by atoms with Crippen LogP contribution in [0.2, 0.25) is 0 Å². The van der Waals surface area contributed by atoms with Crippen LogP contribution in [0.25, 0.3) is 0 Å². The second-order valence-corrected chi connectivity index (χ2v) is 5.69. The maximum atomic E-state index is 11.8. The topological polar surface area (TPSA) is 98.5 Å². The highest BCUT2D eigenvalue weighted by atomic mass is 32.1. The van der Waals surface area contributed by atoms with E-state index in [-0.39, 0.29) is 0 Å². The minimum atomic E-state index is -0.587. The number of hydrogen-bond donors (Lipinski definition) is 2. The molecule has 0 bridgehead atoms. The van der Waals surface area contributed by atoms with Gasteiger partial charge in [0.2, 0.25) is 0 Å². The zero-order chi connectivity index (χ0) is 15.4. The Bertz CT molecular complexity index is 619. The third kappa shape index (κ3) is 3.49. The van der Waals surface area contributed by atoms with Crippen LogP contribution in [0.1, 0.15) is 34.1 Å². The number of thiophene rings is 1. The molecule has 1 aliphatic carbocycles. The van der Waals surface area contributed by atoms with Crippen LogP contribution in [0, 0.1) is 0 Å². The summed E-state index contributed by atoms with van der Waals surface area (Å²) in [6, 6.07) is 0. The van der Waals surface area contributed by atoms with Crippen molar-refractivity contribution in [1.29, 1.82) is 0 Å². The van der Waals surface area contributed by atoms with Crippen LogP contribution in [0.5, 0.6) is 0 Å². The lowest BCUT2D eigenvalue weighted by molar-refractivity contribution is -0.142. The quantitative estimate of drug-likeness (QED) is 0.634. The molecule has 0 fully saturated rings. The first-order valence-electron chi connectivity index (χ1n) is 6.56. The number of allylic oxidation sites excluding steroid dienone is 1. The molecule has 1 aliphatic rings. The number of nitrogens with two attached hydrogens (primary N) is 1. The third-order valence-corrected chi connectivity index (χ3v) is 4.28. The molecule has 0 saturated carbocycles. The van der Waals surface area contributed by atoms with Crippen LogP contribution in [0.4, 0.5) is 5.00 Å². The van der Waals surface area contributed by atoms with Crippen LogP contribution in [0.3, 0.4) is 0 Å². The number of esters is 1. The van der Waals surface area contributed by atoms with E-state index >= 15 is 0 Å². The van der Waals surface area contributed by atoms with Gasteiger partial charge in [0, 0.05) is 11.0 Å². The SMILES string of the molecule is CC=CC(=O)OCC(=O)Nc1sc2c(c1C(N)=O)CCC2. The van der Waals surface area contributed by atoms with Crippen molar-refractivity contribution in [2.24, 2.45) is 5.73 Å². The Hall–Kier alpha value is -2.15. The molecule has 0 spiro atoms. The molecule has 7 heteroatoms. The minimum absolute atomic E-state index is 0.389. The summed E-state index contributed by atoms with van der Waals surface area (Å²) in [6.45, 7) is 1.28. The predicted molar refractivity (Wildman–Crippen MR) is 79.3 cm³/mol. The first-order valence-corrected chi connectivity index (χ1v) is 7.38. The molecule has 1 aromatic rings. The summed E-state index contributed by atoms with van der Waals surface area (Å²) in [5.74, 6) is -1.62. The van der Waals surface area contributed by atoms with Gasteiger partial charge in [0.1, 0.15) is 5.00 Å². The fraction of sp³-hybridized carbons (Fsp3) is 0.357. The highest BCUT2D eigenvalue weighted by molar-refractivity contribution is 7.17. The van der Waals surface area contributed by atoms with Crippen molar-refractivity contribution in [2.75, 3.05) is 11.9 Å². The minimum Gasteiger partial charge on any atom is -0.452 e. The Morgan fingerprint density at radius 1 is 1.38 bits per heavy atom. The number of carbonyl (C=O) groups excluding carboxylic acids is 3. The fourth-order valence-corrected chi connectivity index (χ4v) is 3.55. The van der Waals surface area contributed by atoms with E-state index in [1.54, 1.807) is 6.92 Å². The molecule has 2 amide bonds. The van der Waals surface area contributed by atoms with E-state index in [1.165, 1.54) is 23.5 Å². The van der Waals surface area contributed by atoms with Crippen LogP contribution in [0.15, 0.2) is 12.2 Å². The average Bonchev–Trinajstić information content (AvgIpc) is 2.96. The van der Waals surface area contributed by atoms with Crippen LogP contribution >= 0.6 is 11.3 Å². The molecule has 0 aromatic carbocycles. The van der Waals surface area contributed by atoms with Gasteiger partial charge >= 0.3 is 5.97 Å². The van der Waals surface area contributed by atoms with E-state index in [9.17, 15) is 14.4 Å². The molecule has 1 heterocycles. The maximum absolute atomic E-state index is 11.8. The number of ether oxygens (including phenoxy) is 1. The Morgan fingerprint density at radius 3 is 2.81 bits per heavy atom. The van der Waals surface area contributed by atoms with Crippen molar-refractivity contribution >= 4 is 34.1 Å². The van der Waals surface area contributed by atoms with Gasteiger partial charge in [-0.1, -0.05) is 6.08 Å². The van der Waals surface area contributed by atoms with Gasteiger partial charge in [0.25, 0.3) is 11.8 Å². The first kappa shape index (κ1) is 15.2. The second-order valence-electron chi connectivity index (χ2n) is 4.58. The molecule has 21 heavy (non-hydrogen) atoms. The summed E-state index contributed by atoms with van der Waals surface area (Å²) in [7, 11) is 0. The lowest BCUT2D eigenvalue weighted by atomic mass is 10.1. The molecule has 6 nitrogen and oxygen atoms in total. The van der Waals surface area contributed by atoms with E-state index in [2.05, 4.69) is 5.32 Å². The van der Waals surface area contributed by atoms with E-state index in [4.69, 9.17) is 10.5 Å². The van der Waals surface area contributed by atoms with Crippen molar-refractivity contribution < 1.29 is 19.1 Å². The molecule has 2 rings (SSSR count). The average molecular weight is 308 g/mol. The number of rotatable bonds is 5. The monoisotopic (exact) mass is 308 g/mol. The summed E-state index contributed by atoms with van der Waals surface area (Å²) in [6.07, 6.45) is 5.44. The fourth-order valence-electron chi connectivity index (χ4n) is 2.24. The lowest BCUT2D eigenvalue weighted by Crippen LogP contribution is -2.22. The van der Waals surface area contributed by atoms with E-state index in [0.29, 0.717) is 10.6 Å². The smallest absolute Gasteiger partial charge is 0.330 e. The molecule has 0 saturated heterocycles. The van der Waals surface area contributed by atoms with Gasteiger partial charge in [-0.25, -0.2) is 4.79 Å². The predicted octanol–water partition coefficient (Wildman–Crippen LogP) is 1.39. The van der Waals surface area contributed by atoms with Crippen molar-refractivity contribution in [3.63, 3.8) is 0 Å². The Labute approximate surface area is 126 Å². The van der Waals surface area contributed by atoms with Gasteiger partial charge in [-0.2, -0.15) is 0 Å². The molecular formula is C14H16N2O4S. The number of fused-ring (bicyclic) bond motifs is 1. The zero-order valence-corrected chi connectivity index (χ0v) is 12.4. The standard InChI is InChI=1S/C14H16N2O4S/c1-2-4-11(18)20-7-10(17)16-14-12(13(15)19)8-5-3-6-9(8)21-14/h2,4H,3,5-7H2,1H3,(H2,15,19)(H,16,17). The van der Waals surface area contributed by atoms with E-state index in [0.717, 1.165) is 29.7 Å². The molecular weight excluding hydrogens is 292 g/mol. The summed E-state index contributed by atoms with van der Waals surface area (Å²) < 4.78 is 4.74. The number of primary amides is 1. The van der Waals surface area contributed by atoms with Gasteiger partial charge < -0.3 is 15.8 Å². The number of anilines is 1. The van der Waals surface area contributed by atoms with Crippen LogP contribution < -0.4 is 11.1 Å². The number of amides is 2. The second kappa shape index (κ2) is 6.53. The maximum Gasteiger partial charge on any atom is 0.330 e. The lowest BCUT2D eigenvalue weighted by Gasteiger charge is -2.06. The van der Waals surface area contributed by atoms with Crippen molar-refractivity contribution in [3.05, 3.63) is 28.2 Å². The number of aryl methyl sites for hydroxylation is 1. The van der Waals surface area contributed by atoms with Gasteiger partial charge in [-0.05, 0) is 31.7 Å². The summed E-state index contributed by atoms with van der Waals surface area (Å²) in [5.41, 5.74) is 6.72. The normalized spacial score (nSPS) is 13.2. The molecule has 0 atom stereocenters.